The minimum atomic E-state index is 0. The highest BCUT2D eigenvalue weighted by Gasteiger charge is 2.14. The van der Waals surface area contributed by atoms with E-state index in [-0.39, 0.29) is 30.0 Å². The second-order valence-electron chi connectivity index (χ2n) is 5.49. The van der Waals surface area contributed by atoms with Gasteiger partial charge in [0.1, 0.15) is 5.75 Å². The number of halogens is 1. The Kier molecular flexibility index (Phi) is 11.9. The number of ether oxygens (including phenoxy) is 1. The second-order valence-corrected chi connectivity index (χ2v) is 5.49. The molecule has 0 heterocycles. The van der Waals surface area contributed by atoms with Crippen LogP contribution < -0.4 is 15.4 Å². The van der Waals surface area contributed by atoms with Crippen molar-refractivity contribution in [3.05, 3.63) is 29.8 Å². The number of methoxy groups -OCH3 is 1. The lowest BCUT2D eigenvalue weighted by atomic mass is 10.1. The van der Waals surface area contributed by atoms with E-state index in [0.717, 1.165) is 31.2 Å². The molecule has 0 bridgehead atoms. The molecule has 0 aliphatic heterocycles. The highest BCUT2D eigenvalue weighted by Crippen LogP contribution is 2.20. The van der Waals surface area contributed by atoms with Gasteiger partial charge in [-0.2, -0.15) is 0 Å². The zero-order chi connectivity index (χ0) is 16.4. The molecule has 1 rings (SSSR count). The van der Waals surface area contributed by atoms with E-state index < -0.39 is 0 Å². The number of hydrogen-bond acceptors (Lipinski definition) is 3. The minimum Gasteiger partial charge on any atom is -0.497 e. The van der Waals surface area contributed by atoms with E-state index in [0.29, 0.717) is 0 Å². The normalized spacial score (nSPS) is 12.5. The molecule has 0 aliphatic rings. The summed E-state index contributed by atoms with van der Waals surface area (Å²) >= 11 is 0. The fourth-order valence-corrected chi connectivity index (χ4v) is 2.22. The van der Waals surface area contributed by atoms with Crippen LogP contribution in [0.15, 0.2) is 29.3 Å². The number of aliphatic imine (C=N–C) groups is 1. The van der Waals surface area contributed by atoms with Gasteiger partial charge in [0.2, 0.25) is 0 Å². The highest BCUT2D eigenvalue weighted by atomic mass is 127. The van der Waals surface area contributed by atoms with Crippen molar-refractivity contribution < 1.29 is 4.74 Å². The molecule has 0 aliphatic carbocycles. The second kappa shape index (κ2) is 12.4. The summed E-state index contributed by atoms with van der Waals surface area (Å²) in [6.45, 7) is 3.93. The standard InChI is InChI=1S/C17H30N4O.HI/c1-6-7-12-19-17(18-2)20-13-16(21(3)4)14-8-10-15(22-5)11-9-14;/h8-11,16H,6-7,12-13H2,1-5H3,(H2,18,19,20);1H. The number of nitrogens with one attached hydrogen (secondary N) is 2. The van der Waals surface area contributed by atoms with Crippen molar-refractivity contribution in [1.29, 1.82) is 0 Å². The molecule has 0 fully saturated rings. The van der Waals surface area contributed by atoms with Crippen molar-refractivity contribution in [2.45, 2.75) is 25.8 Å². The first-order chi connectivity index (χ1) is 10.6. The summed E-state index contributed by atoms with van der Waals surface area (Å²) in [5.74, 6) is 1.74. The molecule has 2 N–H and O–H groups in total. The van der Waals surface area contributed by atoms with Gasteiger partial charge in [0.05, 0.1) is 13.2 Å². The number of likely N-dealkylation sites (N-methyl/N-ethyl adjacent to an activating group) is 1. The van der Waals surface area contributed by atoms with Gasteiger partial charge in [0, 0.05) is 20.1 Å². The van der Waals surface area contributed by atoms with E-state index >= 15 is 0 Å². The van der Waals surface area contributed by atoms with Crippen molar-refractivity contribution >= 4 is 29.9 Å². The third-order valence-electron chi connectivity index (χ3n) is 3.63. The van der Waals surface area contributed by atoms with E-state index in [9.17, 15) is 0 Å². The molecule has 6 heteroatoms. The average Bonchev–Trinajstić information content (AvgIpc) is 2.53. The van der Waals surface area contributed by atoms with Crippen LogP contribution in [-0.2, 0) is 0 Å². The van der Waals surface area contributed by atoms with Crippen LogP contribution in [0.25, 0.3) is 0 Å². The molecule has 1 unspecified atom stereocenters. The molecule has 1 atom stereocenters. The van der Waals surface area contributed by atoms with Gasteiger partial charge >= 0.3 is 0 Å². The number of rotatable bonds is 8. The summed E-state index contributed by atoms with van der Waals surface area (Å²) < 4.78 is 5.22. The monoisotopic (exact) mass is 434 g/mol. The molecule has 0 amide bonds. The summed E-state index contributed by atoms with van der Waals surface area (Å²) in [5.41, 5.74) is 1.25. The summed E-state index contributed by atoms with van der Waals surface area (Å²) in [7, 11) is 7.67. The molecule has 0 saturated heterocycles. The molecule has 0 saturated carbocycles. The Morgan fingerprint density at radius 1 is 1.22 bits per heavy atom. The number of unbranched alkanes of at least 4 members (excludes halogenated alkanes) is 1. The summed E-state index contributed by atoms with van der Waals surface area (Å²) in [5, 5.41) is 6.74. The minimum absolute atomic E-state index is 0. The zero-order valence-electron chi connectivity index (χ0n) is 14.9. The third kappa shape index (κ3) is 7.87. The van der Waals surface area contributed by atoms with E-state index in [1.54, 1.807) is 14.2 Å². The van der Waals surface area contributed by atoms with Gasteiger partial charge in [0.25, 0.3) is 0 Å². The molecule has 0 spiro atoms. The Hall–Kier alpha value is -1.02. The molecule has 132 valence electrons. The van der Waals surface area contributed by atoms with E-state index in [4.69, 9.17) is 4.74 Å². The molecule has 1 aromatic rings. The highest BCUT2D eigenvalue weighted by molar-refractivity contribution is 14.0. The van der Waals surface area contributed by atoms with Crippen LogP contribution in [0.5, 0.6) is 5.75 Å². The lowest BCUT2D eigenvalue weighted by Crippen LogP contribution is -2.42. The van der Waals surface area contributed by atoms with Crippen molar-refractivity contribution in [2.24, 2.45) is 4.99 Å². The predicted octanol–water partition coefficient (Wildman–Crippen LogP) is 2.88. The number of guanidine groups is 1. The van der Waals surface area contributed by atoms with Crippen LogP contribution in [0, 0.1) is 0 Å². The van der Waals surface area contributed by atoms with Gasteiger partial charge in [-0.15, -0.1) is 24.0 Å². The third-order valence-corrected chi connectivity index (χ3v) is 3.63. The van der Waals surface area contributed by atoms with Gasteiger partial charge in [-0.05, 0) is 38.2 Å². The Balaban J connectivity index is 0.00000484. The number of hydrogen-bond donors (Lipinski definition) is 2. The van der Waals surface area contributed by atoms with Gasteiger partial charge in [-0.3, -0.25) is 4.99 Å². The smallest absolute Gasteiger partial charge is 0.191 e. The van der Waals surface area contributed by atoms with Crippen molar-refractivity contribution in [1.82, 2.24) is 15.5 Å². The number of benzene rings is 1. The maximum atomic E-state index is 5.22. The number of nitrogens with zero attached hydrogens (tertiary/aromatic N) is 2. The van der Waals surface area contributed by atoms with Crippen LogP contribution in [0.1, 0.15) is 31.4 Å². The van der Waals surface area contributed by atoms with Gasteiger partial charge in [0.15, 0.2) is 5.96 Å². The van der Waals surface area contributed by atoms with Crippen LogP contribution >= 0.6 is 24.0 Å². The van der Waals surface area contributed by atoms with E-state index in [1.165, 1.54) is 12.0 Å². The average molecular weight is 434 g/mol. The SMILES string of the molecule is CCCCNC(=NC)NCC(c1ccc(OC)cc1)N(C)C.I. The first kappa shape index (κ1) is 22.0. The fourth-order valence-electron chi connectivity index (χ4n) is 2.22. The molecular formula is C17H31IN4O. The summed E-state index contributed by atoms with van der Waals surface area (Å²) in [4.78, 5) is 6.47. The van der Waals surface area contributed by atoms with Crippen molar-refractivity contribution in [3.8, 4) is 5.75 Å². The molecule has 23 heavy (non-hydrogen) atoms. The van der Waals surface area contributed by atoms with E-state index in [2.05, 4.69) is 53.7 Å². The first-order valence-electron chi connectivity index (χ1n) is 7.87. The van der Waals surface area contributed by atoms with Gasteiger partial charge < -0.3 is 20.3 Å². The van der Waals surface area contributed by atoms with Crippen LogP contribution in [0.4, 0.5) is 0 Å². The Bertz CT molecular complexity index is 448. The first-order valence-corrected chi connectivity index (χ1v) is 7.87. The maximum absolute atomic E-state index is 5.22. The Labute approximate surface area is 157 Å². The predicted molar refractivity (Wildman–Crippen MR) is 109 cm³/mol. The summed E-state index contributed by atoms with van der Waals surface area (Å²) in [6.07, 6.45) is 2.33. The van der Waals surface area contributed by atoms with Crippen molar-refractivity contribution in [3.63, 3.8) is 0 Å². The Morgan fingerprint density at radius 3 is 2.35 bits per heavy atom. The van der Waals surface area contributed by atoms with E-state index in [1.807, 2.05) is 12.1 Å². The molecular weight excluding hydrogens is 403 g/mol. The topological polar surface area (TPSA) is 48.9 Å². The van der Waals surface area contributed by atoms with Gasteiger partial charge in [-0.25, -0.2) is 0 Å². The van der Waals surface area contributed by atoms with Crippen molar-refractivity contribution in [2.75, 3.05) is 41.3 Å². The zero-order valence-corrected chi connectivity index (χ0v) is 17.3. The van der Waals surface area contributed by atoms with Crippen LogP contribution in [-0.4, -0.2) is 52.2 Å². The maximum Gasteiger partial charge on any atom is 0.191 e. The molecule has 0 aromatic heterocycles. The Morgan fingerprint density at radius 2 is 1.87 bits per heavy atom. The largest absolute Gasteiger partial charge is 0.497 e. The lowest BCUT2D eigenvalue weighted by molar-refractivity contribution is 0.298. The summed E-state index contributed by atoms with van der Waals surface area (Å²) in [6, 6.07) is 8.49. The quantitative estimate of drug-likeness (QED) is 0.286. The molecule has 1 aromatic carbocycles. The van der Waals surface area contributed by atoms with Crippen LogP contribution in [0.2, 0.25) is 0 Å². The lowest BCUT2D eigenvalue weighted by Gasteiger charge is -2.26. The fraction of sp³-hybridized carbons (Fsp3) is 0.588. The van der Waals surface area contributed by atoms with Gasteiger partial charge in [-0.1, -0.05) is 25.5 Å². The molecule has 0 radical (unpaired) electrons. The molecule has 5 nitrogen and oxygen atoms in total. The van der Waals surface area contributed by atoms with Crippen LogP contribution in [0.3, 0.4) is 0 Å².